The van der Waals surface area contributed by atoms with E-state index in [1.807, 2.05) is 11.8 Å². The highest BCUT2D eigenvalue weighted by Crippen LogP contribution is 2.39. The van der Waals surface area contributed by atoms with E-state index < -0.39 is 0 Å². The molecule has 1 aliphatic carbocycles. The van der Waals surface area contributed by atoms with E-state index in [2.05, 4.69) is 6.92 Å². The molecule has 4 nitrogen and oxygen atoms in total. The van der Waals surface area contributed by atoms with Gasteiger partial charge in [-0.1, -0.05) is 19.8 Å². The maximum absolute atomic E-state index is 12.6. The Balaban J connectivity index is 2.03. The van der Waals surface area contributed by atoms with Gasteiger partial charge in [0.15, 0.2) is 0 Å². The van der Waals surface area contributed by atoms with E-state index in [1.54, 1.807) is 0 Å². The van der Waals surface area contributed by atoms with Crippen molar-refractivity contribution in [3.63, 3.8) is 0 Å². The van der Waals surface area contributed by atoms with Gasteiger partial charge in [-0.25, -0.2) is 0 Å². The number of rotatable bonds is 2. The van der Waals surface area contributed by atoms with Crippen LogP contribution in [0.1, 0.15) is 39.5 Å². The van der Waals surface area contributed by atoms with E-state index in [9.17, 15) is 4.79 Å². The van der Waals surface area contributed by atoms with Crippen molar-refractivity contribution in [3.8, 4) is 0 Å². The zero-order valence-corrected chi connectivity index (χ0v) is 10.9. The minimum atomic E-state index is -0.129. The molecule has 2 aliphatic rings. The number of carbonyl (C=O) groups excluding carboxylic acids is 1. The summed E-state index contributed by atoms with van der Waals surface area (Å²) < 4.78 is 5.69. The standard InChI is InChI=1S/C13H24N2O2/c1-10-8-15(9-11(7-14)17-10)12(16)13(2)5-3-4-6-13/h10-11H,3-9,14H2,1-2H3. The van der Waals surface area contributed by atoms with Crippen molar-refractivity contribution in [2.24, 2.45) is 11.1 Å². The van der Waals surface area contributed by atoms with Crippen molar-refractivity contribution in [2.45, 2.75) is 51.7 Å². The van der Waals surface area contributed by atoms with Gasteiger partial charge in [-0.3, -0.25) is 4.79 Å². The minimum Gasteiger partial charge on any atom is -0.370 e. The molecule has 0 radical (unpaired) electrons. The molecule has 0 aromatic rings. The number of morpholine rings is 1. The van der Waals surface area contributed by atoms with Crippen LogP contribution >= 0.6 is 0 Å². The Morgan fingerprint density at radius 2 is 2.06 bits per heavy atom. The second kappa shape index (κ2) is 4.94. The molecule has 0 aromatic carbocycles. The fraction of sp³-hybridized carbons (Fsp3) is 0.923. The van der Waals surface area contributed by atoms with E-state index in [-0.39, 0.29) is 17.6 Å². The third-order valence-electron chi connectivity index (χ3n) is 4.10. The van der Waals surface area contributed by atoms with Crippen molar-refractivity contribution in [2.75, 3.05) is 19.6 Å². The van der Waals surface area contributed by atoms with Gasteiger partial charge in [-0.05, 0) is 19.8 Å². The first-order valence-corrected chi connectivity index (χ1v) is 6.70. The van der Waals surface area contributed by atoms with Crippen LogP contribution in [0, 0.1) is 5.41 Å². The lowest BCUT2D eigenvalue weighted by Crippen LogP contribution is -2.54. The molecule has 2 atom stereocenters. The van der Waals surface area contributed by atoms with Gasteiger partial charge in [0, 0.05) is 25.0 Å². The third-order valence-corrected chi connectivity index (χ3v) is 4.10. The van der Waals surface area contributed by atoms with Gasteiger partial charge in [0.05, 0.1) is 12.2 Å². The van der Waals surface area contributed by atoms with Crippen LogP contribution in [0.3, 0.4) is 0 Å². The molecule has 1 amide bonds. The van der Waals surface area contributed by atoms with Crippen molar-refractivity contribution in [1.82, 2.24) is 4.90 Å². The molecule has 2 unspecified atom stereocenters. The van der Waals surface area contributed by atoms with Gasteiger partial charge < -0.3 is 15.4 Å². The minimum absolute atomic E-state index is 0.00713. The summed E-state index contributed by atoms with van der Waals surface area (Å²) in [6, 6.07) is 0. The first-order chi connectivity index (χ1) is 8.05. The molecule has 2 rings (SSSR count). The topological polar surface area (TPSA) is 55.6 Å². The SMILES string of the molecule is CC1CN(C(=O)C2(C)CCCC2)CC(CN)O1. The average molecular weight is 240 g/mol. The molecule has 17 heavy (non-hydrogen) atoms. The highest BCUT2D eigenvalue weighted by molar-refractivity contribution is 5.82. The summed E-state index contributed by atoms with van der Waals surface area (Å²) in [5.41, 5.74) is 5.52. The van der Waals surface area contributed by atoms with Gasteiger partial charge in [-0.2, -0.15) is 0 Å². The molecule has 1 heterocycles. The number of hydrogen-bond donors (Lipinski definition) is 1. The van der Waals surface area contributed by atoms with Gasteiger partial charge in [0.25, 0.3) is 0 Å². The van der Waals surface area contributed by atoms with Crippen LogP contribution in [0.5, 0.6) is 0 Å². The summed E-state index contributed by atoms with van der Waals surface area (Å²) in [6.45, 7) is 5.99. The first kappa shape index (κ1) is 12.8. The summed E-state index contributed by atoms with van der Waals surface area (Å²) in [5.74, 6) is 0.309. The highest BCUT2D eigenvalue weighted by Gasteiger charge is 2.41. The van der Waals surface area contributed by atoms with Crippen LogP contribution in [-0.4, -0.2) is 42.6 Å². The van der Waals surface area contributed by atoms with E-state index in [4.69, 9.17) is 10.5 Å². The lowest BCUT2D eigenvalue weighted by Gasteiger charge is -2.40. The molecule has 0 aromatic heterocycles. The largest absolute Gasteiger partial charge is 0.370 e. The van der Waals surface area contributed by atoms with Gasteiger partial charge in [-0.15, -0.1) is 0 Å². The molecule has 0 bridgehead atoms. The normalized spacial score (nSPS) is 32.8. The van der Waals surface area contributed by atoms with Crippen LogP contribution in [0.15, 0.2) is 0 Å². The van der Waals surface area contributed by atoms with E-state index in [1.165, 1.54) is 12.8 Å². The summed E-state index contributed by atoms with van der Waals surface area (Å²) in [4.78, 5) is 14.5. The first-order valence-electron chi connectivity index (χ1n) is 6.70. The highest BCUT2D eigenvalue weighted by atomic mass is 16.5. The predicted octanol–water partition coefficient (Wildman–Crippen LogP) is 1.14. The van der Waals surface area contributed by atoms with Crippen molar-refractivity contribution < 1.29 is 9.53 Å². The molecular weight excluding hydrogens is 216 g/mol. The Morgan fingerprint density at radius 1 is 1.41 bits per heavy atom. The van der Waals surface area contributed by atoms with Gasteiger partial charge >= 0.3 is 0 Å². The number of amides is 1. The van der Waals surface area contributed by atoms with Crippen LogP contribution in [0.4, 0.5) is 0 Å². The zero-order chi connectivity index (χ0) is 12.5. The fourth-order valence-corrected chi connectivity index (χ4v) is 3.09. The van der Waals surface area contributed by atoms with Crippen molar-refractivity contribution in [3.05, 3.63) is 0 Å². The number of nitrogens with two attached hydrogens (primary N) is 1. The quantitative estimate of drug-likeness (QED) is 0.787. The molecule has 2 N–H and O–H groups in total. The summed E-state index contributed by atoms with van der Waals surface area (Å²) in [7, 11) is 0. The number of carbonyl (C=O) groups is 1. The predicted molar refractivity (Wildman–Crippen MR) is 66.5 cm³/mol. The van der Waals surface area contributed by atoms with E-state index in [0.29, 0.717) is 25.5 Å². The molecule has 98 valence electrons. The summed E-state index contributed by atoms with van der Waals surface area (Å²) in [5, 5.41) is 0. The third kappa shape index (κ3) is 2.63. The molecule has 0 spiro atoms. The Hall–Kier alpha value is -0.610. The molecule has 1 aliphatic heterocycles. The van der Waals surface area contributed by atoms with Gasteiger partial charge in [0.2, 0.25) is 5.91 Å². The fourth-order valence-electron chi connectivity index (χ4n) is 3.09. The number of nitrogens with zero attached hydrogens (tertiary/aromatic N) is 1. The lowest BCUT2D eigenvalue weighted by atomic mass is 9.86. The second-order valence-corrected chi connectivity index (χ2v) is 5.78. The second-order valence-electron chi connectivity index (χ2n) is 5.78. The Bertz CT molecular complexity index is 287. The maximum Gasteiger partial charge on any atom is 0.228 e. The monoisotopic (exact) mass is 240 g/mol. The number of ether oxygens (including phenoxy) is 1. The van der Waals surface area contributed by atoms with Crippen molar-refractivity contribution >= 4 is 5.91 Å². The molecular formula is C13H24N2O2. The lowest BCUT2D eigenvalue weighted by molar-refractivity contribution is -0.153. The Morgan fingerprint density at radius 3 is 2.65 bits per heavy atom. The zero-order valence-electron chi connectivity index (χ0n) is 10.9. The molecule has 4 heteroatoms. The smallest absolute Gasteiger partial charge is 0.228 e. The maximum atomic E-state index is 12.6. The Labute approximate surface area is 103 Å². The summed E-state index contributed by atoms with van der Waals surface area (Å²) >= 11 is 0. The summed E-state index contributed by atoms with van der Waals surface area (Å²) in [6.07, 6.45) is 4.54. The van der Waals surface area contributed by atoms with Crippen LogP contribution in [0.25, 0.3) is 0 Å². The van der Waals surface area contributed by atoms with E-state index in [0.717, 1.165) is 12.8 Å². The molecule has 1 saturated carbocycles. The molecule has 2 fully saturated rings. The van der Waals surface area contributed by atoms with Crippen LogP contribution in [0.2, 0.25) is 0 Å². The number of hydrogen-bond acceptors (Lipinski definition) is 3. The molecule has 1 saturated heterocycles. The van der Waals surface area contributed by atoms with Crippen LogP contribution in [-0.2, 0) is 9.53 Å². The average Bonchev–Trinajstić information content (AvgIpc) is 2.75. The van der Waals surface area contributed by atoms with Crippen LogP contribution < -0.4 is 5.73 Å². The van der Waals surface area contributed by atoms with E-state index >= 15 is 0 Å². The Kier molecular flexibility index (Phi) is 3.73. The van der Waals surface area contributed by atoms with Gasteiger partial charge in [0.1, 0.15) is 0 Å². The van der Waals surface area contributed by atoms with Crippen molar-refractivity contribution in [1.29, 1.82) is 0 Å².